The van der Waals surface area contributed by atoms with Gasteiger partial charge in [0.25, 0.3) is 11.6 Å². The number of aliphatic hydroxyl groups is 1. The summed E-state index contributed by atoms with van der Waals surface area (Å²) in [5.41, 5.74) is 0.222. The number of amides is 1. The molecule has 0 aromatic heterocycles. The largest absolute Gasteiger partial charge is 0.396 e. The molecular weight excluding hydrogens is 340 g/mol. The van der Waals surface area contributed by atoms with Crippen LogP contribution in [0.1, 0.15) is 29.6 Å². The number of nitrogens with zero attached hydrogens (tertiary/aromatic N) is 2. The Morgan fingerprint density at radius 3 is 2.95 bits per heavy atom. The third-order valence-electron chi connectivity index (χ3n) is 3.73. The Morgan fingerprint density at radius 2 is 2.29 bits per heavy atom. The lowest BCUT2D eigenvalue weighted by Crippen LogP contribution is -2.40. The van der Waals surface area contributed by atoms with Crippen LogP contribution < -0.4 is 0 Å². The van der Waals surface area contributed by atoms with Gasteiger partial charge in [-0.05, 0) is 47.2 Å². The molecule has 1 heterocycles. The fraction of sp³-hybridized carbons (Fsp3) is 0.500. The average Bonchev–Trinajstić information content (AvgIpc) is 2.47. The van der Waals surface area contributed by atoms with Crippen LogP contribution in [0.15, 0.2) is 22.7 Å². The summed E-state index contributed by atoms with van der Waals surface area (Å²) in [5, 5.41) is 19.9. The maximum Gasteiger partial charge on any atom is 0.270 e. The molecule has 0 bridgehead atoms. The van der Waals surface area contributed by atoms with Crippen LogP contribution in [0, 0.1) is 16.0 Å². The molecule has 1 amide bonds. The molecule has 0 saturated carbocycles. The lowest BCUT2D eigenvalue weighted by molar-refractivity contribution is -0.384. The van der Waals surface area contributed by atoms with Gasteiger partial charge >= 0.3 is 0 Å². The maximum absolute atomic E-state index is 12.6. The highest BCUT2D eigenvalue weighted by Gasteiger charge is 2.26. The second-order valence-electron chi connectivity index (χ2n) is 5.19. The summed E-state index contributed by atoms with van der Waals surface area (Å²) in [6.45, 7) is 1.36. The van der Waals surface area contributed by atoms with Gasteiger partial charge in [0.2, 0.25) is 0 Å². The van der Waals surface area contributed by atoms with Crippen molar-refractivity contribution in [1.29, 1.82) is 0 Å². The molecule has 1 unspecified atom stereocenters. The number of piperidine rings is 1. The molecule has 0 spiro atoms. The van der Waals surface area contributed by atoms with Crippen LogP contribution in [-0.2, 0) is 0 Å². The molecule has 1 aromatic rings. The molecule has 1 fully saturated rings. The molecule has 6 nitrogen and oxygen atoms in total. The standard InChI is InChI=1S/C14H17BrN2O4/c15-13-4-3-11(17(20)21)8-12(13)14(19)16-6-1-2-10(9-16)5-7-18/h3-4,8,10,18H,1-2,5-7,9H2. The van der Waals surface area contributed by atoms with Crippen LogP contribution in [0.2, 0.25) is 0 Å². The number of benzene rings is 1. The molecule has 2 rings (SSSR count). The van der Waals surface area contributed by atoms with Gasteiger partial charge in [-0.25, -0.2) is 0 Å². The zero-order valence-electron chi connectivity index (χ0n) is 11.5. The first-order valence-electron chi connectivity index (χ1n) is 6.87. The van der Waals surface area contributed by atoms with Crippen LogP contribution >= 0.6 is 15.9 Å². The molecule has 1 aromatic carbocycles. The van der Waals surface area contributed by atoms with Crippen molar-refractivity contribution in [3.63, 3.8) is 0 Å². The number of hydrogen-bond acceptors (Lipinski definition) is 4. The first-order valence-corrected chi connectivity index (χ1v) is 7.66. The quantitative estimate of drug-likeness (QED) is 0.663. The van der Waals surface area contributed by atoms with Gasteiger partial charge in [-0.15, -0.1) is 0 Å². The fourth-order valence-electron chi connectivity index (χ4n) is 2.63. The summed E-state index contributed by atoms with van der Waals surface area (Å²) in [6, 6.07) is 4.20. The van der Waals surface area contributed by atoms with Gasteiger partial charge in [0.05, 0.1) is 10.5 Å². The lowest BCUT2D eigenvalue weighted by Gasteiger charge is -2.32. The molecular formula is C14H17BrN2O4. The van der Waals surface area contributed by atoms with Gasteiger partial charge in [-0.2, -0.15) is 0 Å². The van der Waals surface area contributed by atoms with Crippen LogP contribution in [0.3, 0.4) is 0 Å². The van der Waals surface area contributed by atoms with E-state index in [1.807, 2.05) is 0 Å². The van der Waals surface area contributed by atoms with E-state index in [1.165, 1.54) is 18.2 Å². The second-order valence-corrected chi connectivity index (χ2v) is 6.05. The molecule has 114 valence electrons. The summed E-state index contributed by atoms with van der Waals surface area (Å²) in [6.07, 6.45) is 2.57. The van der Waals surface area contributed by atoms with Crippen molar-refractivity contribution in [3.8, 4) is 0 Å². The number of non-ortho nitro benzene ring substituents is 1. The van der Waals surface area contributed by atoms with Gasteiger partial charge in [0.15, 0.2) is 0 Å². The first-order chi connectivity index (χ1) is 10.0. The number of nitro benzene ring substituents is 1. The number of carbonyl (C=O) groups excluding carboxylic acids is 1. The van der Waals surface area contributed by atoms with E-state index in [0.29, 0.717) is 35.5 Å². The molecule has 7 heteroatoms. The molecule has 0 aliphatic carbocycles. The number of rotatable bonds is 4. The number of carbonyl (C=O) groups is 1. The molecule has 0 radical (unpaired) electrons. The van der Waals surface area contributed by atoms with Crippen molar-refractivity contribution < 1.29 is 14.8 Å². The van der Waals surface area contributed by atoms with Gasteiger partial charge in [0, 0.05) is 36.3 Å². The number of halogens is 1. The van der Waals surface area contributed by atoms with E-state index < -0.39 is 4.92 Å². The minimum atomic E-state index is -0.506. The number of hydrogen-bond donors (Lipinski definition) is 1. The highest BCUT2D eigenvalue weighted by atomic mass is 79.9. The van der Waals surface area contributed by atoms with Crippen molar-refractivity contribution in [1.82, 2.24) is 4.90 Å². The highest BCUT2D eigenvalue weighted by molar-refractivity contribution is 9.10. The number of aliphatic hydroxyl groups excluding tert-OH is 1. The summed E-state index contributed by atoms with van der Waals surface area (Å²) in [7, 11) is 0. The molecule has 21 heavy (non-hydrogen) atoms. The average molecular weight is 357 g/mol. The Balaban J connectivity index is 2.19. The van der Waals surface area contributed by atoms with E-state index >= 15 is 0 Å². The monoisotopic (exact) mass is 356 g/mol. The molecule has 1 N–H and O–H groups in total. The molecule has 1 atom stereocenters. The van der Waals surface area contributed by atoms with Crippen LogP contribution in [0.5, 0.6) is 0 Å². The predicted octanol–water partition coefficient (Wildman–Crippen LogP) is 2.59. The van der Waals surface area contributed by atoms with Crippen molar-refractivity contribution in [3.05, 3.63) is 38.3 Å². The summed E-state index contributed by atoms with van der Waals surface area (Å²) in [4.78, 5) is 24.6. The van der Waals surface area contributed by atoms with Crippen molar-refractivity contribution in [2.24, 2.45) is 5.92 Å². The number of likely N-dealkylation sites (tertiary alicyclic amines) is 1. The van der Waals surface area contributed by atoms with E-state index in [1.54, 1.807) is 4.90 Å². The Kier molecular flexibility index (Phi) is 5.30. The van der Waals surface area contributed by atoms with E-state index in [0.717, 1.165) is 12.8 Å². The highest BCUT2D eigenvalue weighted by Crippen LogP contribution is 2.26. The third kappa shape index (κ3) is 3.79. The Morgan fingerprint density at radius 1 is 1.52 bits per heavy atom. The zero-order chi connectivity index (χ0) is 15.4. The first kappa shape index (κ1) is 15.9. The van der Waals surface area contributed by atoms with Crippen LogP contribution in [-0.4, -0.2) is 40.5 Å². The summed E-state index contributed by atoms with van der Waals surface area (Å²) >= 11 is 3.28. The molecule has 1 aliphatic heterocycles. The van der Waals surface area contributed by atoms with Crippen LogP contribution in [0.25, 0.3) is 0 Å². The SMILES string of the molecule is O=C(c1cc([N+](=O)[O-])ccc1Br)N1CCCC(CCO)C1. The van der Waals surface area contributed by atoms with E-state index in [4.69, 9.17) is 5.11 Å². The van der Waals surface area contributed by atoms with E-state index in [2.05, 4.69) is 15.9 Å². The Hall–Kier alpha value is -1.47. The smallest absolute Gasteiger partial charge is 0.270 e. The molecule has 1 aliphatic rings. The Bertz CT molecular complexity index is 548. The number of nitro groups is 1. The summed E-state index contributed by atoms with van der Waals surface area (Å²) in [5.74, 6) is 0.0957. The normalized spacial score (nSPS) is 18.6. The van der Waals surface area contributed by atoms with E-state index in [9.17, 15) is 14.9 Å². The maximum atomic E-state index is 12.6. The minimum absolute atomic E-state index is 0.0922. The van der Waals surface area contributed by atoms with E-state index in [-0.39, 0.29) is 18.2 Å². The lowest BCUT2D eigenvalue weighted by atomic mass is 9.94. The second kappa shape index (κ2) is 7.00. The van der Waals surface area contributed by atoms with Crippen LogP contribution in [0.4, 0.5) is 5.69 Å². The Labute approximate surface area is 131 Å². The van der Waals surface area contributed by atoms with Gasteiger partial charge < -0.3 is 10.0 Å². The van der Waals surface area contributed by atoms with Crippen molar-refractivity contribution >= 4 is 27.5 Å². The topological polar surface area (TPSA) is 83.7 Å². The van der Waals surface area contributed by atoms with Gasteiger partial charge in [-0.1, -0.05) is 0 Å². The zero-order valence-corrected chi connectivity index (χ0v) is 13.1. The van der Waals surface area contributed by atoms with Gasteiger partial charge in [0.1, 0.15) is 0 Å². The van der Waals surface area contributed by atoms with Crippen molar-refractivity contribution in [2.45, 2.75) is 19.3 Å². The third-order valence-corrected chi connectivity index (χ3v) is 4.43. The summed E-state index contributed by atoms with van der Waals surface area (Å²) < 4.78 is 0.558. The molecule has 1 saturated heterocycles. The fourth-order valence-corrected chi connectivity index (χ4v) is 3.05. The van der Waals surface area contributed by atoms with Crippen molar-refractivity contribution in [2.75, 3.05) is 19.7 Å². The van der Waals surface area contributed by atoms with Gasteiger partial charge in [-0.3, -0.25) is 14.9 Å². The predicted molar refractivity (Wildman–Crippen MR) is 81.1 cm³/mol. The minimum Gasteiger partial charge on any atom is -0.396 e.